The molecule has 0 N–H and O–H groups in total. The largest absolute Gasteiger partial charge is 0.340 e. The first-order valence-electron chi connectivity index (χ1n) is 11.1. The third kappa shape index (κ3) is 4.23. The molecular weight excluding hydrogens is 416 g/mol. The Morgan fingerprint density at radius 3 is 2.26 bits per heavy atom. The zero-order chi connectivity index (χ0) is 22.3. The van der Waals surface area contributed by atoms with E-state index >= 15 is 0 Å². The van der Waals surface area contributed by atoms with Crippen molar-refractivity contribution in [3.63, 3.8) is 0 Å². The lowest BCUT2D eigenvalue weighted by atomic mass is 9.96. The van der Waals surface area contributed by atoms with Gasteiger partial charge in [0.15, 0.2) is 0 Å². The smallest absolute Gasteiger partial charge is 0.243 e. The Kier molecular flexibility index (Phi) is 6.11. The fourth-order valence-corrected chi connectivity index (χ4v) is 6.55. The highest BCUT2D eigenvalue weighted by Gasteiger charge is 2.36. The highest BCUT2D eigenvalue weighted by Crippen LogP contribution is 2.35. The van der Waals surface area contributed by atoms with E-state index < -0.39 is 10.0 Å². The molecule has 0 spiro atoms. The SMILES string of the molecule is CC(=O)N1c2ccc(S(=O)(=O)N3CCC(C(=O)N4CCN(C)CC4)CC3)cc2C[C@H]1C. The van der Waals surface area contributed by atoms with Crippen molar-refractivity contribution in [2.75, 3.05) is 51.2 Å². The van der Waals surface area contributed by atoms with E-state index in [-0.39, 0.29) is 28.7 Å². The second-order valence-corrected chi connectivity index (χ2v) is 11.0. The van der Waals surface area contributed by atoms with Crippen LogP contribution in [-0.2, 0) is 26.0 Å². The van der Waals surface area contributed by atoms with Crippen LogP contribution in [0.2, 0.25) is 0 Å². The summed E-state index contributed by atoms with van der Waals surface area (Å²) in [7, 11) is -1.56. The van der Waals surface area contributed by atoms with Crippen molar-refractivity contribution >= 4 is 27.5 Å². The van der Waals surface area contributed by atoms with Crippen molar-refractivity contribution < 1.29 is 18.0 Å². The summed E-state index contributed by atoms with van der Waals surface area (Å²) in [6, 6.07) is 5.09. The van der Waals surface area contributed by atoms with Gasteiger partial charge in [-0.1, -0.05) is 0 Å². The average molecular weight is 449 g/mol. The van der Waals surface area contributed by atoms with Crippen LogP contribution < -0.4 is 4.90 Å². The van der Waals surface area contributed by atoms with Crippen molar-refractivity contribution in [2.45, 2.75) is 44.0 Å². The zero-order valence-corrected chi connectivity index (χ0v) is 19.4. The van der Waals surface area contributed by atoms with E-state index in [1.165, 1.54) is 11.2 Å². The molecule has 0 saturated carbocycles. The number of nitrogens with zero attached hydrogens (tertiary/aromatic N) is 4. The van der Waals surface area contributed by atoms with Gasteiger partial charge in [0.1, 0.15) is 0 Å². The average Bonchev–Trinajstić information content (AvgIpc) is 3.09. The third-order valence-corrected chi connectivity index (χ3v) is 8.76. The van der Waals surface area contributed by atoms with E-state index in [2.05, 4.69) is 11.9 Å². The number of amides is 2. The predicted octanol–water partition coefficient (Wildman–Crippen LogP) is 1.16. The van der Waals surface area contributed by atoms with E-state index in [4.69, 9.17) is 0 Å². The van der Waals surface area contributed by atoms with Crippen LogP contribution in [0.5, 0.6) is 0 Å². The number of fused-ring (bicyclic) bond motifs is 1. The Hall–Kier alpha value is -1.97. The van der Waals surface area contributed by atoms with Gasteiger partial charge in [-0.3, -0.25) is 9.59 Å². The molecule has 170 valence electrons. The minimum atomic E-state index is -3.62. The van der Waals surface area contributed by atoms with Crippen molar-refractivity contribution in [3.8, 4) is 0 Å². The molecule has 3 heterocycles. The molecule has 3 aliphatic heterocycles. The number of anilines is 1. The maximum Gasteiger partial charge on any atom is 0.243 e. The van der Waals surface area contributed by atoms with Crippen molar-refractivity contribution in [1.82, 2.24) is 14.1 Å². The number of carbonyl (C=O) groups is 2. The number of hydrogen-bond acceptors (Lipinski definition) is 5. The Balaban J connectivity index is 1.42. The molecule has 0 aliphatic carbocycles. The lowest BCUT2D eigenvalue weighted by molar-refractivity contribution is -0.138. The first-order valence-corrected chi connectivity index (χ1v) is 12.5. The number of likely N-dealkylation sites (N-methyl/N-ethyl adjacent to an activating group) is 1. The molecule has 2 saturated heterocycles. The van der Waals surface area contributed by atoms with Gasteiger partial charge in [0, 0.05) is 63.8 Å². The topological polar surface area (TPSA) is 81.2 Å². The molecule has 0 unspecified atom stereocenters. The first kappa shape index (κ1) is 22.2. The van der Waals surface area contributed by atoms with Crippen LogP contribution >= 0.6 is 0 Å². The van der Waals surface area contributed by atoms with Crippen LogP contribution in [0.3, 0.4) is 0 Å². The molecule has 3 aliphatic rings. The molecule has 2 fully saturated rings. The van der Waals surface area contributed by atoms with E-state index in [1.807, 2.05) is 11.8 Å². The molecule has 8 nitrogen and oxygen atoms in total. The van der Waals surface area contributed by atoms with Crippen LogP contribution in [-0.4, -0.2) is 86.7 Å². The van der Waals surface area contributed by atoms with Gasteiger partial charge in [0.25, 0.3) is 0 Å². The van der Waals surface area contributed by atoms with Crippen molar-refractivity contribution in [1.29, 1.82) is 0 Å². The Morgan fingerprint density at radius 1 is 1.00 bits per heavy atom. The first-order chi connectivity index (χ1) is 14.7. The van der Waals surface area contributed by atoms with E-state index in [9.17, 15) is 18.0 Å². The number of piperidine rings is 1. The molecule has 4 rings (SSSR count). The molecule has 0 radical (unpaired) electrons. The second-order valence-electron chi connectivity index (χ2n) is 9.04. The van der Waals surface area contributed by atoms with E-state index in [0.29, 0.717) is 32.4 Å². The fourth-order valence-electron chi connectivity index (χ4n) is 5.03. The van der Waals surface area contributed by atoms with Gasteiger partial charge < -0.3 is 14.7 Å². The zero-order valence-electron chi connectivity index (χ0n) is 18.6. The summed E-state index contributed by atoms with van der Waals surface area (Å²) in [6.45, 7) is 7.49. The van der Waals surface area contributed by atoms with Gasteiger partial charge in [-0.2, -0.15) is 4.31 Å². The summed E-state index contributed by atoms with van der Waals surface area (Å²) in [5, 5.41) is 0. The number of rotatable bonds is 3. The molecule has 0 aromatic heterocycles. The molecular formula is C22H32N4O4S. The van der Waals surface area contributed by atoms with Crippen LogP contribution in [0.4, 0.5) is 5.69 Å². The lowest BCUT2D eigenvalue weighted by Gasteiger charge is -2.37. The van der Waals surface area contributed by atoms with Gasteiger partial charge >= 0.3 is 0 Å². The highest BCUT2D eigenvalue weighted by atomic mass is 32.2. The van der Waals surface area contributed by atoms with Crippen LogP contribution in [0.1, 0.15) is 32.3 Å². The van der Waals surface area contributed by atoms with Crippen LogP contribution in [0.15, 0.2) is 23.1 Å². The highest BCUT2D eigenvalue weighted by molar-refractivity contribution is 7.89. The summed E-state index contributed by atoms with van der Waals surface area (Å²) < 4.78 is 28.0. The fraction of sp³-hybridized carbons (Fsp3) is 0.636. The molecule has 1 aromatic carbocycles. The van der Waals surface area contributed by atoms with Crippen molar-refractivity contribution in [3.05, 3.63) is 23.8 Å². The summed E-state index contributed by atoms with van der Waals surface area (Å²) in [4.78, 5) is 30.9. The summed E-state index contributed by atoms with van der Waals surface area (Å²) in [5.41, 5.74) is 1.69. The third-order valence-electron chi connectivity index (χ3n) is 6.86. The molecule has 2 amide bonds. The molecule has 1 aromatic rings. The van der Waals surface area contributed by atoms with Crippen LogP contribution in [0.25, 0.3) is 0 Å². The number of hydrogen-bond donors (Lipinski definition) is 0. The Morgan fingerprint density at radius 2 is 1.65 bits per heavy atom. The summed E-state index contributed by atoms with van der Waals surface area (Å²) >= 11 is 0. The second kappa shape index (κ2) is 8.52. The predicted molar refractivity (Wildman–Crippen MR) is 118 cm³/mol. The van der Waals surface area contributed by atoms with Gasteiger partial charge in [-0.05, 0) is 57.0 Å². The standard InChI is InChI=1S/C22H32N4O4S/c1-16-14-19-15-20(4-5-21(19)26(16)17(2)27)31(29,30)25-8-6-18(7-9-25)22(28)24-12-10-23(3)11-13-24/h4-5,15-16,18H,6-14H2,1-3H3/t16-/m1/s1. The van der Waals surface area contributed by atoms with E-state index in [1.54, 1.807) is 23.1 Å². The van der Waals surface area contributed by atoms with Gasteiger partial charge in [-0.15, -0.1) is 0 Å². The normalized spacial score (nSPS) is 23.8. The Bertz CT molecular complexity index is 964. The maximum atomic E-state index is 13.2. The van der Waals surface area contributed by atoms with Gasteiger partial charge in [0.2, 0.25) is 21.8 Å². The lowest BCUT2D eigenvalue weighted by Crippen LogP contribution is -2.50. The summed E-state index contributed by atoms with van der Waals surface area (Å²) in [5.74, 6) is 0.0368. The monoisotopic (exact) mass is 448 g/mol. The molecule has 9 heteroatoms. The number of carbonyl (C=O) groups excluding carboxylic acids is 2. The van der Waals surface area contributed by atoms with Crippen LogP contribution in [0, 0.1) is 5.92 Å². The summed E-state index contributed by atoms with van der Waals surface area (Å²) in [6.07, 6.45) is 1.77. The quantitative estimate of drug-likeness (QED) is 0.693. The molecule has 1 atom stereocenters. The minimum Gasteiger partial charge on any atom is -0.340 e. The molecule has 31 heavy (non-hydrogen) atoms. The minimum absolute atomic E-state index is 0.0294. The van der Waals surface area contributed by atoms with E-state index in [0.717, 1.165) is 37.4 Å². The number of piperazine rings is 1. The van der Waals surface area contributed by atoms with Gasteiger partial charge in [0.05, 0.1) is 4.90 Å². The molecule has 0 bridgehead atoms. The van der Waals surface area contributed by atoms with Gasteiger partial charge in [-0.25, -0.2) is 8.42 Å². The number of sulfonamides is 1. The maximum absolute atomic E-state index is 13.2. The Labute approximate surface area is 184 Å². The van der Waals surface area contributed by atoms with Crippen molar-refractivity contribution in [2.24, 2.45) is 5.92 Å². The number of benzene rings is 1.